The van der Waals surface area contributed by atoms with Crippen LogP contribution in [0.5, 0.6) is 5.88 Å². The first-order valence-corrected chi connectivity index (χ1v) is 11.7. The van der Waals surface area contributed by atoms with Gasteiger partial charge in [-0.15, -0.1) is 0 Å². The number of rotatable bonds is 4. The Hall–Kier alpha value is -2.88. The molecule has 7 nitrogen and oxygen atoms in total. The van der Waals surface area contributed by atoms with E-state index in [1.54, 1.807) is 6.07 Å². The van der Waals surface area contributed by atoms with E-state index in [1.165, 1.54) is 17.3 Å². The van der Waals surface area contributed by atoms with E-state index in [4.69, 9.17) is 9.47 Å². The maximum atomic E-state index is 14.6. The Kier molecular flexibility index (Phi) is 6.33. The molecule has 3 aliphatic heterocycles. The van der Waals surface area contributed by atoms with Gasteiger partial charge in [-0.3, -0.25) is 4.79 Å². The number of ether oxygens (including phenoxy) is 2. The molecule has 1 atom stereocenters. The molecule has 3 aliphatic rings. The van der Waals surface area contributed by atoms with Crippen LogP contribution in [-0.4, -0.2) is 60.0 Å². The van der Waals surface area contributed by atoms with Crippen molar-refractivity contribution in [2.75, 3.05) is 36.1 Å². The fraction of sp³-hybridized carbons (Fsp3) is 0.542. The SMILES string of the molecule is O=C1C[C@H](F)CC2(CCN(c3cc(OC4CCOCC4)ncn3)CC2)N1c1ccc(F)c(F)c1. The zero-order chi connectivity index (χ0) is 23.7. The molecule has 2 aromatic rings. The van der Waals surface area contributed by atoms with Crippen LogP contribution in [-0.2, 0) is 9.53 Å². The molecule has 0 bridgehead atoms. The Bertz CT molecular complexity index is 1040. The zero-order valence-electron chi connectivity index (χ0n) is 18.8. The van der Waals surface area contributed by atoms with Gasteiger partial charge in [-0.1, -0.05) is 0 Å². The van der Waals surface area contributed by atoms with Gasteiger partial charge in [-0.25, -0.2) is 23.1 Å². The molecule has 182 valence electrons. The molecule has 10 heteroatoms. The van der Waals surface area contributed by atoms with Crippen LogP contribution in [0, 0.1) is 11.6 Å². The highest BCUT2D eigenvalue weighted by molar-refractivity contribution is 5.96. The summed E-state index contributed by atoms with van der Waals surface area (Å²) in [7, 11) is 0. The second kappa shape index (κ2) is 9.40. The van der Waals surface area contributed by atoms with Crippen molar-refractivity contribution in [1.82, 2.24) is 9.97 Å². The quantitative estimate of drug-likeness (QED) is 0.669. The summed E-state index contributed by atoms with van der Waals surface area (Å²) in [5.74, 6) is -1.23. The molecule has 1 spiro atoms. The van der Waals surface area contributed by atoms with Crippen molar-refractivity contribution in [3.8, 4) is 5.88 Å². The predicted octanol–water partition coefficient (Wildman–Crippen LogP) is 3.82. The molecule has 5 rings (SSSR count). The van der Waals surface area contributed by atoms with Crippen molar-refractivity contribution in [1.29, 1.82) is 0 Å². The second-order valence-electron chi connectivity index (χ2n) is 9.19. The molecule has 0 saturated carbocycles. The fourth-order valence-electron chi connectivity index (χ4n) is 5.27. The van der Waals surface area contributed by atoms with E-state index in [-0.39, 0.29) is 24.6 Å². The molecule has 3 fully saturated rings. The van der Waals surface area contributed by atoms with Gasteiger partial charge in [0.15, 0.2) is 11.6 Å². The largest absolute Gasteiger partial charge is 0.474 e. The van der Waals surface area contributed by atoms with Gasteiger partial charge in [0.05, 0.1) is 25.2 Å². The molecule has 0 aliphatic carbocycles. The van der Waals surface area contributed by atoms with Gasteiger partial charge in [0.2, 0.25) is 11.8 Å². The number of alkyl halides is 1. The number of hydrogen-bond acceptors (Lipinski definition) is 6. The van der Waals surface area contributed by atoms with Crippen LogP contribution in [0.3, 0.4) is 0 Å². The van der Waals surface area contributed by atoms with Crippen LogP contribution >= 0.6 is 0 Å². The van der Waals surface area contributed by atoms with Gasteiger partial charge in [-0.05, 0) is 25.0 Å². The van der Waals surface area contributed by atoms with Crippen LogP contribution in [0.25, 0.3) is 0 Å². The third-order valence-electron chi connectivity index (χ3n) is 6.98. The Balaban J connectivity index is 1.33. The Morgan fingerprint density at radius 2 is 1.82 bits per heavy atom. The molecule has 0 radical (unpaired) electrons. The van der Waals surface area contributed by atoms with Crippen molar-refractivity contribution in [3.05, 3.63) is 42.2 Å². The summed E-state index contributed by atoms with van der Waals surface area (Å²) in [6, 6.07) is 5.20. The third-order valence-corrected chi connectivity index (χ3v) is 6.98. The summed E-state index contributed by atoms with van der Waals surface area (Å²) in [4.78, 5) is 25.0. The number of aromatic nitrogens is 2. The molecule has 1 amide bonds. The van der Waals surface area contributed by atoms with Crippen molar-refractivity contribution >= 4 is 17.4 Å². The van der Waals surface area contributed by atoms with Gasteiger partial charge in [0.1, 0.15) is 24.4 Å². The summed E-state index contributed by atoms with van der Waals surface area (Å²) < 4.78 is 53.4. The highest BCUT2D eigenvalue weighted by Gasteiger charge is 2.49. The lowest BCUT2D eigenvalue weighted by Gasteiger charge is -2.52. The monoisotopic (exact) mass is 476 g/mol. The average molecular weight is 476 g/mol. The maximum Gasteiger partial charge on any atom is 0.230 e. The summed E-state index contributed by atoms with van der Waals surface area (Å²) in [6.07, 6.45) is 2.71. The molecular weight excluding hydrogens is 449 g/mol. The van der Waals surface area contributed by atoms with Crippen LogP contribution in [0.15, 0.2) is 30.6 Å². The molecule has 0 unspecified atom stereocenters. The van der Waals surface area contributed by atoms with E-state index < -0.39 is 29.3 Å². The van der Waals surface area contributed by atoms with Crippen molar-refractivity contribution in [2.45, 2.75) is 56.3 Å². The molecule has 3 saturated heterocycles. The van der Waals surface area contributed by atoms with E-state index in [2.05, 4.69) is 14.9 Å². The summed E-state index contributed by atoms with van der Waals surface area (Å²) in [5.41, 5.74) is -0.539. The first-order chi connectivity index (χ1) is 16.4. The van der Waals surface area contributed by atoms with Crippen molar-refractivity contribution in [2.24, 2.45) is 0 Å². The van der Waals surface area contributed by atoms with Crippen molar-refractivity contribution in [3.63, 3.8) is 0 Å². The van der Waals surface area contributed by atoms with E-state index in [9.17, 15) is 18.0 Å². The number of halogens is 3. The van der Waals surface area contributed by atoms with Gasteiger partial charge in [0.25, 0.3) is 0 Å². The number of anilines is 2. The molecule has 34 heavy (non-hydrogen) atoms. The molecule has 0 N–H and O–H groups in total. The van der Waals surface area contributed by atoms with E-state index >= 15 is 0 Å². The highest BCUT2D eigenvalue weighted by Crippen LogP contribution is 2.42. The Labute approximate surface area is 195 Å². The zero-order valence-corrected chi connectivity index (χ0v) is 18.8. The second-order valence-corrected chi connectivity index (χ2v) is 9.19. The Morgan fingerprint density at radius 1 is 1.06 bits per heavy atom. The summed E-state index contributed by atoms with van der Waals surface area (Å²) in [5, 5.41) is 0. The number of nitrogens with zero attached hydrogens (tertiary/aromatic N) is 4. The Morgan fingerprint density at radius 3 is 2.56 bits per heavy atom. The first-order valence-electron chi connectivity index (χ1n) is 11.7. The third kappa shape index (κ3) is 4.55. The number of piperidine rings is 2. The minimum atomic E-state index is -1.26. The lowest BCUT2D eigenvalue weighted by Crippen LogP contribution is -2.62. The van der Waals surface area contributed by atoms with Crippen LogP contribution in [0.4, 0.5) is 24.7 Å². The van der Waals surface area contributed by atoms with E-state index in [1.807, 2.05) is 0 Å². The summed E-state index contributed by atoms with van der Waals surface area (Å²) in [6.45, 7) is 2.38. The van der Waals surface area contributed by atoms with Gasteiger partial charge in [-0.2, -0.15) is 0 Å². The van der Waals surface area contributed by atoms with E-state index in [0.29, 0.717) is 50.8 Å². The topological polar surface area (TPSA) is 67.8 Å². The minimum Gasteiger partial charge on any atom is -0.474 e. The molecule has 1 aromatic heterocycles. The number of hydrogen-bond donors (Lipinski definition) is 0. The van der Waals surface area contributed by atoms with Gasteiger partial charge >= 0.3 is 0 Å². The lowest BCUT2D eigenvalue weighted by atomic mass is 9.77. The number of amides is 1. The van der Waals surface area contributed by atoms with Crippen LogP contribution in [0.2, 0.25) is 0 Å². The first kappa shape index (κ1) is 22.9. The van der Waals surface area contributed by atoms with Crippen LogP contribution < -0.4 is 14.5 Å². The fourth-order valence-corrected chi connectivity index (χ4v) is 5.27. The molecular formula is C24H27F3N4O3. The average Bonchev–Trinajstić information content (AvgIpc) is 2.82. The molecule has 4 heterocycles. The lowest BCUT2D eigenvalue weighted by molar-refractivity contribution is -0.123. The van der Waals surface area contributed by atoms with Gasteiger partial charge in [0, 0.05) is 50.2 Å². The van der Waals surface area contributed by atoms with Crippen LogP contribution in [0.1, 0.15) is 38.5 Å². The maximum absolute atomic E-state index is 14.6. The number of carbonyl (C=O) groups excluding carboxylic acids is 1. The normalized spacial score (nSPS) is 23.4. The smallest absolute Gasteiger partial charge is 0.230 e. The number of benzene rings is 1. The predicted molar refractivity (Wildman–Crippen MR) is 119 cm³/mol. The van der Waals surface area contributed by atoms with Crippen molar-refractivity contribution < 1.29 is 27.4 Å². The standard InChI is InChI=1S/C24H27F3N4O3/c25-16-11-23(32)31(17-1-2-19(26)20(27)12-17)24(14-16)5-7-30(8-6-24)21-13-22(29-15-28-21)34-18-3-9-33-10-4-18/h1-2,12-13,15-16,18H,3-11,14H2/t16-/m0/s1. The van der Waals surface area contributed by atoms with E-state index in [0.717, 1.165) is 25.0 Å². The van der Waals surface area contributed by atoms with Gasteiger partial charge < -0.3 is 19.3 Å². The molecule has 1 aromatic carbocycles. The minimum absolute atomic E-state index is 0.0560. The summed E-state index contributed by atoms with van der Waals surface area (Å²) >= 11 is 0. The highest BCUT2D eigenvalue weighted by atomic mass is 19.2. The number of carbonyl (C=O) groups is 1.